The number of rotatable bonds is 9. The number of nitro benzene ring substituents is 1. The van der Waals surface area contributed by atoms with Crippen LogP contribution >= 0.6 is 0 Å². The molecular weight excluding hydrogens is 414 g/mol. The van der Waals surface area contributed by atoms with Crippen molar-refractivity contribution in [2.45, 2.75) is 18.7 Å². The maximum Gasteiger partial charge on any atom is 0.339 e. The van der Waals surface area contributed by atoms with Gasteiger partial charge < -0.3 is 14.7 Å². The molecular formula is C18H21N5O6S. The van der Waals surface area contributed by atoms with E-state index in [0.717, 1.165) is 11.1 Å². The van der Waals surface area contributed by atoms with Crippen LogP contribution in [0.15, 0.2) is 46.4 Å². The second kappa shape index (κ2) is 9.22. The van der Waals surface area contributed by atoms with E-state index in [4.69, 9.17) is 20.1 Å². The summed E-state index contributed by atoms with van der Waals surface area (Å²) in [5.41, 5.74) is 5.95. The third-order valence-electron chi connectivity index (χ3n) is 3.90. The van der Waals surface area contributed by atoms with Crippen molar-refractivity contribution in [1.82, 2.24) is 5.01 Å². The molecule has 0 aliphatic carbocycles. The molecule has 0 aliphatic rings. The number of non-ortho nitro benzene ring substituents is 1. The first-order valence-corrected chi connectivity index (χ1v) is 9.96. The summed E-state index contributed by atoms with van der Waals surface area (Å²) in [5.74, 6) is 0.0185. The lowest BCUT2D eigenvalue weighted by atomic mass is 10.2. The highest BCUT2D eigenvalue weighted by molar-refractivity contribution is 7.87. The molecule has 3 N–H and O–H groups in total. The van der Waals surface area contributed by atoms with Gasteiger partial charge in [0, 0.05) is 24.9 Å². The summed E-state index contributed by atoms with van der Waals surface area (Å²) < 4.78 is 36.1. The smallest absolute Gasteiger partial charge is 0.339 e. The van der Waals surface area contributed by atoms with Crippen LogP contribution in [0.5, 0.6) is 11.5 Å². The fourth-order valence-electron chi connectivity index (χ4n) is 2.51. The Hall–Kier alpha value is -3.67. The van der Waals surface area contributed by atoms with Crippen LogP contribution in [-0.2, 0) is 10.1 Å². The van der Waals surface area contributed by atoms with E-state index < -0.39 is 15.0 Å². The van der Waals surface area contributed by atoms with Gasteiger partial charge in [-0.2, -0.15) is 13.5 Å². The van der Waals surface area contributed by atoms with Gasteiger partial charge in [-0.1, -0.05) is 6.07 Å². The summed E-state index contributed by atoms with van der Waals surface area (Å²) in [5, 5.41) is 23.0. The third kappa shape index (κ3) is 5.67. The number of nitrogens with zero attached hydrogens (tertiary/aromatic N) is 3. The van der Waals surface area contributed by atoms with E-state index >= 15 is 0 Å². The van der Waals surface area contributed by atoms with Gasteiger partial charge in [0.25, 0.3) is 5.69 Å². The Morgan fingerprint density at radius 2 is 1.93 bits per heavy atom. The molecule has 12 heteroatoms. The minimum atomic E-state index is -4.32. The van der Waals surface area contributed by atoms with Crippen LogP contribution in [0.4, 0.5) is 5.69 Å². The minimum Gasteiger partial charge on any atom is -0.492 e. The van der Waals surface area contributed by atoms with E-state index in [1.807, 2.05) is 0 Å². The zero-order valence-corrected chi connectivity index (χ0v) is 17.2. The van der Waals surface area contributed by atoms with E-state index in [1.54, 1.807) is 13.0 Å². The number of nitro groups is 1. The molecule has 0 atom stereocenters. The van der Waals surface area contributed by atoms with Gasteiger partial charge in [0.2, 0.25) is 5.96 Å². The summed E-state index contributed by atoms with van der Waals surface area (Å²) in [4.78, 5) is 9.99. The van der Waals surface area contributed by atoms with Gasteiger partial charge >= 0.3 is 10.1 Å². The fourth-order valence-corrected chi connectivity index (χ4v) is 3.67. The van der Waals surface area contributed by atoms with Gasteiger partial charge in [-0.15, -0.1) is 0 Å². The van der Waals surface area contributed by atoms with Crippen molar-refractivity contribution in [1.29, 1.82) is 5.41 Å². The van der Waals surface area contributed by atoms with Gasteiger partial charge in [0.1, 0.15) is 23.0 Å². The molecule has 2 aromatic rings. The molecule has 0 radical (unpaired) electrons. The average Bonchev–Trinajstić information content (AvgIpc) is 2.64. The molecule has 0 saturated heterocycles. The Morgan fingerprint density at radius 3 is 2.53 bits per heavy atom. The molecule has 0 amide bonds. The Balaban J connectivity index is 2.22. The first kappa shape index (κ1) is 22.6. The Labute approximate surface area is 173 Å². The number of nitrogens with one attached hydrogen (secondary N) is 1. The number of ether oxygens (including phenoxy) is 1. The summed E-state index contributed by atoms with van der Waals surface area (Å²) in [6.45, 7) is 6.79. The molecule has 0 bridgehead atoms. The van der Waals surface area contributed by atoms with E-state index in [-0.39, 0.29) is 35.4 Å². The van der Waals surface area contributed by atoms with Gasteiger partial charge in [0.05, 0.1) is 11.5 Å². The van der Waals surface area contributed by atoms with Crippen LogP contribution in [-0.4, -0.2) is 44.2 Å². The first-order valence-electron chi connectivity index (χ1n) is 8.55. The van der Waals surface area contributed by atoms with Gasteiger partial charge in [-0.3, -0.25) is 15.5 Å². The van der Waals surface area contributed by atoms with Crippen molar-refractivity contribution >= 4 is 28.5 Å². The molecule has 0 spiro atoms. The molecule has 2 rings (SSSR count). The maximum absolute atomic E-state index is 12.7. The van der Waals surface area contributed by atoms with Crippen LogP contribution in [0.3, 0.4) is 0 Å². The Kier molecular flexibility index (Phi) is 6.95. The summed E-state index contributed by atoms with van der Waals surface area (Å²) in [7, 11) is -4.32. The first-order chi connectivity index (χ1) is 14.0. The fraction of sp³-hybridized carbons (Fsp3) is 0.222. The molecule has 0 heterocycles. The van der Waals surface area contributed by atoms with Crippen molar-refractivity contribution in [3.63, 3.8) is 0 Å². The Morgan fingerprint density at radius 1 is 1.27 bits per heavy atom. The predicted molar refractivity (Wildman–Crippen MR) is 110 cm³/mol. The standard InChI is InChI=1S/C18H21N5O6S/c1-12-8-15(28-7-6-22(21-3)18(19)20)11-16(9-12)29-30(26,27)17-10-14(23(24)25)5-4-13(17)2/h4-5,8-11H,3,6-7H2,1-2H3,(H3,19,20). The van der Waals surface area contributed by atoms with E-state index in [9.17, 15) is 18.5 Å². The lowest BCUT2D eigenvalue weighted by Crippen LogP contribution is -2.34. The number of guanidine groups is 1. The minimum absolute atomic E-state index is 0.0128. The zero-order chi connectivity index (χ0) is 22.5. The second-order valence-electron chi connectivity index (χ2n) is 6.22. The van der Waals surface area contributed by atoms with Crippen molar-refractivity contribution in [3.8, 4) is 11.5 Å². The van der Waals surface area contributed by atoms with Crippen LogP contribution in [0, 0.1) is 29.4 Å². The van der Waals surface area contributed by atoms with Crippen LogP contribution in [0.1, 0.15) is 11.1 Å². The quantitative estimate of drug-likeness (QED) is 0.199. The number of hydrazone groups is 1. The molecule has 0 aliphatic heterocycles. The molecule has 0 unspecified atom stereocenters. The molecule has 0 aromatic heterocycles. The van der Waals surface area contributed by atoms with Crippen molar-refractivity contribution in [3.05, 3.63) is 57.6 Å². The molecule has 160 valence electrons. The zero-order valence-electron chi connectivity index (χ0n) is 16.4. The molecule has 30 heavy (non-hydrogen) atoms. The Bertz CT molecular complexity index is 1090. The maximum atomic E-state index is 12.7. The topological polar surface area (TPSA) is 161 Å². The molecule has 0 fully saturated rings. The van der Waals surface area contributed by atoms with Crippen molar-refractivity contribution in [2.24, 2.45) is 10.8 Å². The number of benzene rings is 2. The normalized spacial score (nSPS) is 10.9. The SMILES string of the molecule is C=NN(CCOc1cc(C)cc(OS(=O)(=O)c2cc([N+](=O)[O-])ccc2C)c1)C(=N)N. The van der Waals surface area contributed by atoms with Crippen molar-refractivity contribution in [2.75, 3.05) is 13.2 Å². The van der Waals surface area contributed by atoms with E-state index in [1.165, 1.54) is 31.2 Å². The summed E-state index contributed by atoms with van der Waals surface area (Å²) in [6, 6.07) is 8.04. The number of aryl methyl sites for hydroxylation is 2. The highest BCUT2D eigenvalue weighted by Gasteiger charge is 2.23. The largest absolute Gasteiger partial charge is 0.492 e. The predicted octanol–water partition coefficient (Wildman–Crippen LogP) is 2.17. The lowest BCUT2D eigenvalue weighted by Gasteiger charge is -2.16. The van der Waals surface area contributed by atoms with Gasteiger partial charge in [-0.25, -0.2) is 5.01 Å². The summed E-state index contributed by atoms with van der Waals surface area (Å²) in [6.07, 6.45) is 0. The average molecular weight is 435 g/mol. The molecule has 11 nitrogen and oxygen atoms in total. The highest BCUT2D eigenvalue weighted by atomic mass is 32.2. The molecule has 2 aromatic carbocycles. The monoisotopic (exact) mass is 435 g/mol. The summed E-state index contributed by atoms with van der Waals surface area (Å²) >= 11 is 0. The molecule has 0 saturated carbocycles. The number of hydrogen-bond donors (Lipinski definition) is 2. The number of nitrogens with two attached hydrogens (primary N) is 1. The highest BCUT2D eigenvalue weighted by Crippen LogP contribution is 2.28. The lowest BCUT2D eigenvalue weighted by molar-refractivity contribution is -0.385. The van der Waals surface area contributed by atoms with Gasteiger partial charge in [0.15, 0.2) is 0 Å². The van der Waals surface area contributed by atoms with Crippen LogP contribution in [0.25, 0.3) is 0 Å². The van der Waals surface area contributed by atoms with Crippen LogP contribution < -0.4 is 14.7 Å². The second-order valence-corrected chi connectivity index (χ2v) is 7.74. The third-order valence-corrected chi connectivity index (χ3v) is 5.29. The van der Waals surface area contributed by atoms with Crippen molar-refractivity contribution < 1.29 is 22.3 Å². The van der Waals surface area contributed by atoms with Crippen LogP contribution in [0.2, 0.25) is 0 Å². The van der Waals surface area contributed by atoms with E-state index in [2.05, 4.69) is 11.8 Å². The number of hydrogen-bond acceptors (Lipinski definition) is 8. The van der Waals surface area contributed by atoms with Gasteiger partial charge in [-0.05, 0) is 37.1 Å². The van der Waals surface area contributed by atoms with E-state index in [0.29, 0.717) is 16.9 Å².